The van der Waals surface area contributed by atoms with Crippen LogP contribution in [0.5, 0.6) is 0 Å². The molecule has 0 spiro atoms. The molecule has 6 nitrogen and oxygen atoms in total. The van der Waals surface area contributed by atoms with E-state index >= 15 is 0 Å². The summed E-state index contributed by atoms with van der Waals surface area (Å²) in [5.74, 6) is -0.699. The number of aliphatic hydroxyl groups excluding tert-OH is 1. The van der Waals surface area contributed by atoms with Gasteiger partial charge in [-0.2, -0.15) is 0 Å². The molecule has 2 N–H and O–H groups in total. The van der Waals surface area contributed by atoms with Crippen LogP contribution in [0.25, 0.3) is 0 Å². The van der Waals surface area contributed by atoms with Crippen LogP contribution in [-0.4, -0.2) is 45.9 Å². The average Bonchev–Trinajstić information content (AvgIpc) is 2.80. The van der Waals surface area contributed by atoms with Crippen LogP contribution >= 0.6 is 34.8 Å². The second-order valence-electron chi connectivity index (χ2n) is 8.41. The van der Waals surface area contributed by atoms with Gasteiger partial charge in [-0.1, -0.05) is 84.2 Å². The van der Waals surface area contributed by atoms with Crippen LogP contribution in [0.3, 0.4) is 0 Å². The van der Waals surface area contributed by atoms with E-state index in [4.69, 9.17) is 44.3 Å². The Bertz CT molecular complexity index is 981. The molecule has 184 valence electrons. The number of nitrogens with zero attached hydrogens (tertiary/aromatic N) is 1. The van der Waals surface area contributed by atoms with Crippen molar-refractivity contribution in [2.45, 2.75) is 35.8 Å². The minimum absolute atomic E-state index is 0.0191. The lowest BCUT2D eigenvalue weighted by atomic mass is 9.90. The van der Waals surface area contributed by atoms with Crippen molar-refractivity contribution in [3.63, 3.8) is 0 Å². The van der Waals surface area contributed by atoms with Crippen molar-refractivity contribution >= 4 is 46.4 Å². The smallest absolute Gasteiger partial charge is 0.276 e. The van der Waals surface area contributed by atoms with Gasteiger partial charge in [-0.05, 0) is 30.3 Å². The number of hydrogen-bond acceptors (Lipinski definition) is 5. The highest BCUT2D eigenvalue weighted by molar-refractivity contribution is 6.76. The number of carbonyl (C=O) groups excluding carboxylic acids is 1. The third-order valence-corrected chi connectivity index (χ3v) is 6.24. The Morgan fingerprint density at radius 2 is 1.88 bits per heavy atom. The highest BCUT2D eigenvalue weighted by Gasteiger charge is 2.39. The molecule has 2 aromatic rings. The molecule has 4 atom stereocenters. The number of alkyl halides is 3. The molecule has 1 fully saturated rings. The van der Waals surface area contributed by atoms with Crippen LogP contribution < -0.4 is 5.32 Å². The Morgan fingerprint density at radius 1 is 1.18 bits per heavy atom. The third-order valence-electron chi connectivity index (χ3n) is 5.73. The fraction of sp³-hybridized carbons (Fsp3) is 0.400. The number of anilines is 1. The van der Waals surface area contributed by atoms with E-state index in [2.05, 4.69) is 23.7 Å². The van der Waals surface area contributed by atoms with E-state index in [1.807, 2.05) is 43.5 Å². The lowest BCUT2D eigenvalue weighted by Gasteiger charge is -2.42. The Hall–Kier alpha value is -1.64. The van der Waals surface area contributed by atoms with E-state index < -0.39 is 16.0 Å². The van der Waals surface area contributed by atoms with Crippen molar-refractivity contribution in [3.05, 3.63) is 77.9 Å². The normalized spacial score (nSPS) is 23.0. The van der Waals surface area contributed by atoms with Crippen molar-refractivity contribution in [1.29, 1.82) is 0 Å². The van der Waals surface area contributed by atoms with E-state index in [0.29, 0.717) is 12.2 Å². The van der Waals surface area contributed by atoms with E-state index in [1.54, 1.807) is 18.2 Å². The van der Waals surface area contributed by atoms with Gasteiger partial charge in [-0.15, -0.1) is 6.58 Å². The Kier molecular flexibility index (Phi) is 9.41. The van der Waals surface area contributed by atoms with Crippen LogP contribution in [0.2, 0.25) is 0 Å². The standard InChI is InChI=1S/C25H29Cl3N2O4/c1-4-12-30(3)14-21-16(2)22(18-10-8-17(15-31)9-11-18)34-23(33-21)19-6-5-7-20(13-19)29-24(32)25(26,27)28/h4-11,13,16,21-23,31H,1,12,14-15H2,2-3H3,(H,29,32)/t16-,21+,22+,23+/m0/s1. The van der Waals surface area contributed by atoms with E-state index in [0.717, 1.165) is 23.2 Å². The predicted molar refractivity (Wildman–Crippen MR) is 136 cm³/mol. The average molecular weight is 528 g/mol. The molecule has 1 saturated heterocycles. The highest BCUT2D eigenvalue weighted by Crippen LogP contribution is 2.42. The second kappa shape index (κ2) is 11.9. The monoisotopic (exact) mass is 526 g/mol. The van der Waals surface area contributed by atoms with Crippen molar-refractivity contribution in [2.24, 2.45) is 5.92 Å². The summed E-state index contributed by atoms with van der Waals surface area (Å²) in [5, 5.41) is 12.0. The van der Waals surface area contributed by atoms with Crippen molar-refractivity contribution in [3.8, 4) is 0 Å². The van der Waals surface area contributed by atoms with E-state index in [1.165, 1.54) is 0 Å². The van der Waals surface area contributed by atoms with Crippen molar-refractivity contribution in [1.82, 2.24) is 4.90 Å². The summed E-state index contributed by atoms with van der Waals surface area (Å²) in [7, 11) is 2.01. The number of halogens is 3. The zero-order chi connectivity index (χ0) is 24.9. The molecule has 34 heavy (non-hydrogen) atoms. The van der Waals surface area contributed by atoms with E-state index in [-0.39, 0.29) is 24.7 Å². The van der Waals surface area contributed by atoms with Gasteiger partial charge in [-0.25, -0.2) is 0 Å². The van der Waals surface area contributed by atoms with Crippen molar-refractivity contribution in [2.75, 3.05) is 25.5 Å². The summed E-state index contributed by atoms with van der Waals surface area (Å²) >= 11 is 17.0. The zero-order valence-corrected chi connectivity index (χ0v) is 21.4. The summed E-state index contributed by atoms with van der Waals surface area (Å²) in [6.45, 7) is 7.31. The van der Waals surface area contributed by atoms with Gasteiger partial charge in [0, 0.05) is 30.3 Å². The number of aliphatic hydroxyl groups is 1. The van der Waals surface area contributed by atoms with Crippen LogP contribution in [0.1, 0.15) is 36.0 Å². The zero-order valence-electron chi connectivity index (χ0n) is 19.1. The van der Waals surface area contributed by atoms with Crippen molar-refractivity contribution < 1.29 is 19.4 Å². The van der Waals surface area contributed by atoms with Crippen LogP contribution in [-0.2, 0) is 20.9 Å². The predicted octanol–water partition coefficient (Wildman–Crippen LogP) is 5.40. The van der Waals surface area contributed by atoms with Crippen LogP contribution in [0.4, 0.5) is 5.69 Å². The minimum Gasteiger partial charge on any atom is -0.392 e. The molecule has 3 rings (SSSR count). The molecule has 2 aromatic carbocycles. The highest BCUT2D eigenvalue weighted by atomic mass is 35.6. The molecule has 0 saturated carbocycles. The van der Waals surface area contributed by atoms with Crippen LogP contribution in [0, 0.1) is 5.92 Å². The fourth-order valence-electron chi connectivity index (χ4n) is 3.90. The second-order valence-corrected chi connectivity index (χ2v) is 10.7. The lowest BCUT2D eigenvalue weighted by molar-refractivity contribution is -0.275. The molecule has 9 heteroatoms. The maximum atomic E-state index is 12.1. The first kappa shape index (κ1) is 27.0. The molecule has 0 aliphatic carbocycles. The Morgan fingerprint density at radius 3 is 2.50 bits per heavy atom. The molecule has 0 radical (unpaired) electrons. The maximum Gasteiger partial charge on any atom is 0.276 e. The number of ether oxygens (including phenoxy) is 2. The summed E-state index contributed by atoms with van der Waals surface area (Å²) in [6, 6.07) is 14.8. The molecule has 0 bridgehead atoms. The Balaban J connectivity index is 1.88. The van der Waals surface area contributed by atoms with E-state index in [9.17, 15) is 9.90 Å². The first-order valence-corrected chi connectivity index (χ1v) is 12.0. The van der Waals surface area contributed by atoms with Gasteiger partial charge in [0.05, 0.1) is 18.8 Å². The SMILES string of the molecule is C=CCN(C)C[C@H]1O[C@@H](c2cccc(NC(=O)C(Cl)(Cl)Cl)c2)O[C@@H](c2ccc(CO)cc2)[C@H]1C. The number of hydrogen-bond donors (Lipinski definition) is 2. The largest absolute Gasteiger partial charge is 0.392 e. The molecule has 1 aliphatic rings. The molecular formula is C25H29Cl3N2O4. The first-order chi connectivity index (χ1) is 16.1. The quantitative estimate of drug-likeness (QED) is 0.355. The number of nitrogens with one attached hydrogen (secondary N) is 1. The summed E-state index contributed by atoms with van der Waals surface area (Å²) < 4.78 is 10.8. The van der Waals surface area contributed by atoms with Gasteiger partial charge in [-0.3, -0.25) is 4.79 Å². The maximum absolute atomic E-state index is 12.1. The summed E-state index contributed by atoms with van der Waals surface area (Å²) in [4.78, 5) is 14.2. The summed E-state index contributed by atoms with van der Waals surface area (Å²) in [5.41, 5.74) is 3.01. The molecule has 1 amide bonds. The Labute approximate surface area is 215 Å². The number of benzene rings is 2. The minimum atomic E-state index is -2.07. The molecule has 0 aromatic heterocycles. The lowest BCUT2D eigenvalue weighted by Crippen LogP contribution is -2.43. The van der Waals surface area contributed by atoms with Gasteiger partial charge in [0.2, 0.25) is 0 Å². The van der Waals surface area contributed by atoms with Gasteiger partial charge in [0.25, 0.3) is 9.70 Å². The number of rotatable bonds is 8. The van der Waals surface area contributed by atoms with Gasteiger partial charge < -0.3 is 24.8 Å². The third kappa shape index (κ3) is 6.95. The molecule has 1 heterocycles. The fourth-order valence-corrected chi connectivity index (χ4v) is 4.04. The molecular weight excluding hydrogens is 499 g/mol. The number of likely N-dealkylation sites (N-methyl/N-ethyl adjacent to an activating group) is 1. The summed E-state index contributed by atoms with van der Waals surface area (Å²) in [6.07, 6.45) is 0.799. The van der Waals surface area contributed by atoms with Crippen LogP contribution in [0.15, 0.2) is 61.2 Å². The number of amides is 1. The molecule has 1 aliphatic heterocycles. The molecule has 0 unspecified atom stereocenters. The topological polar surface area (TPSA) is 71.0 Å². The van der Waals surface area contributed by atoms with Gasteiger partial charge >= 0.3 is 0 Å². The number of carbonyl (C=O) groups is 1. The van der Waals surface area contributed by atoms with Gasteiger partial charge in [0.1, 0.15) is 0 Å². The van der Waals surface area contributed by atoms with Gasteiger partial charge in [0.15, 0.2) is 6.29 Å². The first-order valence-electron chi connectivity index (χ1n) is 10.9.